The molecule has 0 spiro atoms. The standard InChI is InChI=1S/C13H5F4NO/c14-9-8-7-4-2-1-3-6(7)5-18-19-13(8)12(17)11(16)10(9)15/h1-5H. The second-order valence-electron chi connectivity index (χ2n) is 3.87. The molecule has 1 aliphatic rings. The SMILES string of the molecule is Fc1c(F)c(F)c2c(c1F)ON=Cc1ccccc1-2. The first-order chi connectivity index (χ1) is 9.11. The van der Waals surface area contributed by atoms with Crippen molar-refractivity contribution in [2.45, 2.75) is 0 Å². The summed E-state index contributed by atoms with van der Waals surface area (Å²) in [6.07, 6.45) is 1.21. The molecule has 0 fully saturated rings. The predicted molar refractivity (Wildman–Crippen MR) is 59.9 cm³/mol. The molecule has 2 aromatic rings. The fraction of sp³-hybridized carbons (Fsp3) is 0. The van der Waals surface area contributed by atoms with E-state index in [9.17, 15) is 17.6 Å². The number of oxime groups is 1. The van der Waals surface area contributed by atoms with Crippen LogP contribution in [0.4, 0.5) is 17.6 Å². The van der Waals surface area contributed by atoms with E-state index in [1.807, 2.05) is 0 Å². The molecule has 0 unspecified atom stereocenters. The molecule has 19 heavy (non-hydrogen) atoms. The van der Waals surface area contributed by atoms with Crippen molar-refractivity contribution in [1.29, 1.82) is 0 Å². The summed E-state index contributed by atoms with van der Waals surface area (Å²) in [5.74, 6) is -7.69. The average molecular weight is 267 g/mol. The van der Waals surface area contributed by atoms with Crippen LogP contribution in [-0.4, -0.2) is 6.21 Å². The third kappa shape index (κ3) is 1.60. The van der Waals surface area contributed by atoms with Crippen molar-refractivity contribution in [3.05, 3.63) is 53.1 Å². The monoisotopic (exact) mass is 267 g/mol. The maximum absolute atomic E-state index is 13.9. The minimum Gasteiger partial charge on any atom is -0.353 e. The van der Waals surface area contributed by atoms with Crippen molar-refractivity contribution in [3.8, 4) is 16.9 Å². The van der Waals surface area contributed by atoms with Gasteiger partial charge in [0.1, 0.15) is 0 Å². The highest BCUT2D eigenvalue weighted by atomic mass is 19.2. The molecule has 3 rings (SSSR count). The summed E-state index contributed by atoms with van der Waals surface area (Å²) < 4.78 is 54.0. The van der Waals surface area contributed by atoms with Crippen LogP contribution in [0.3, 0.4) is 0 Å². The van der Waals surface area contributed by atoms with E-state index < -0.39 is 34.6 Å². The first-order valence-electron chi connectivity index (χ1n) is 5.27. The van der Waals surface area contributed by atoms with E-state index in [4.69, 9.17) is 0 Å². The lowest BCUT2D eigenvalue weighted by Crippen LogP contribution is -2.02. The normalized spacial score (nSPS) is 12.4. The maximum atomic E-state index is 13.9. The van der Waals surface area contributed by atoms with Gasteiger partial charge in [-0.05, 0) is 5.56 Å². The number of hydrogen-bond donors (Lipinski definition) is 0. The van der Waals surface area contributed by atoms with Gasteiger partial charge in [-0.1, -0.05) is 29.4 Å². The quantitative estimate of drug-likeness (QED) is 0.405. The second-order valence-corrected chi connectivity index (χ2v) is 3.87. The first kappa shape index (κ1) is 11.7. The average Bonchev–Trinajstić information content (AvgIpc) is 2.62. The summed E-state index contributed by atoms with van der Waals surface area (Å²) in [5.41, 5.74) is 0.101. The molecule has 0 bridgehead atoms. The Morgan fingerprint density at radius 3 is 2.32 bits per heavy atom. The van der Waals surface area contributed by atoms with Crippen LogP contribution in [0.15, 0.2) is 29.4 Å². The lowest BCUT2D eigenvalue weighted by atomic mass is 9.98. The van der Waals surface area contributed by atoms with Gasteiger partial charge in [-0.2, -0.15) is 4.39 Å². The van der Waals surface area contributed by atoms with Crippen molar-refractivity contribution in [3.63, 3.8) is 0 Å². The van der Waals surface area contributed by atoms with Crippen LogP contribution < -0.4 is 4.84 Å². The van der Waals surface area contributed by atoms with Gasteiger partial charge in [0.2, 0.25) is 17.4 Å². The summed E-state index contributed by atoms with van der Waals surface area (Å²) in [6.45, 7) is 0. The van der Waals surface area contributed by atoms with Crippen LogP contribution in [0, 0.1) is 23.3 Å². The van der Waals surface area contributed by atoms with E-state index in [0.29, 0.717) is 5.56 Å². The number of benzene rings is 2. The van der Waals surface area contributed by atoms with E-state index in [1.165, 1.54) is 12.3 Å². The van der Waals surface area contributed by atoms with Crippen molar-refractivity contribution in [2.75, 3.05) is 0 Å². The van der Waals surface area contributed by atoms with Gasteiger partial charge in [-0.15, -0.1) is 0 Å². The third-order valence-corrected chi connectivity index (χ3v) is 2.79. The van der Waals surface area contributed by atoms with Crippen LogP contribution in [-0.2, 0) is 0 Å². The number of fused-ring (bicyclic) bond motifs is 3. The molecule has 0 amide bonds. The Bertz CT molecular complexity index is 712. The molecule has 6 heteroatoms. The Hall–Kier alpha value is -2.37. The van der Waals surface area contributed by atoms with E-state index in [2.05, 4.69) is 9.99 Å². The molecule has 0 N–H and O–H groups in total. The minimum absolute atomic E-state index is 0.175. The fourth-order valence-corrected chi connectivity index (χ4v) is 1.91. The molecular weight excluding hydrogens is 262 g/mol. The predicted octanol–water partition coefficient (Wildman–Crippen LogP) is 3.64. The molecule has 1 heterocycles. The molecule has 0 atom stereocenters. The van der Waals surface area contributed by atoms with E-state index in [0.717, 1.165) is 0 Å². The van der Waals surface area contributed by atoms with Gasteiger partial charge in [0.25, 0.3) is 0 Å². The lowest BCUT2D eigenvalue weighted by Gasteiger charge is -2.10. The van der Waals surface area contributed by atoms with Crippen molar-refractivity contribution in [2.24, 2.45) is 5.16 Å². The Labute approximate surface area is 104 Å². The molecule has 0 saturated heterocycles. The van der Waals surface area contributed by atoms with E-state index >= 15 is 0 Å². The highest BCUT2D eigenvalue weighted by molar-refractivity contribution is 5.92. The maximum Gasteiger partial charge on any atom is 0.207 e. The summed E-state index contributed by atoms with van der Waals surface area (Å²) in [7, 11) is 0. The zero-order valence-electron chi connectivity index (χ0n) is 9.25. The number of hydrogen-bond acceptors (Lipinski definition) is 2. The Kier molecular flexibility index (Phi) is 2.51. The van der Waals surface area contributed by atoms with Crippen molar-refractivity contribution in [1.82, 2.24) is 0 Å². The van der Waals surface area contributed by atoms with Crippen molar-refractivity contribution < 1.29 is 22.4 Å². The molecule has 0 aliphatic carbocycles. The minimum atomic E-state index is -1.93. The molecule has 96 valence electrons. The van der Waals surface area contributed by atoms with Crippen LogP contribution in [0.2, 0.25) is 0 Å². The molecule has 0 saturated carbocycles. The van der Waals surface area contributed by atoms with Crippen molar-refractivity contribution >= 4 is 6.21 Å². The number of halogens is 4. The van der Waals surface area contributed by atoms with Gasteiger partial charge < -0.3 is 4.84 Å². The van der Waals surface area contributed by atoms with Crippen LogP contribution in [0.1, 0.15) is 5.56 Å². The highest BCUT2D eigenvalue weighted by Crippen LogP contribution is 2.40. The molecule has 0 radical (unpaired) electrons. The van der Waals surface area contributed by atoms with Gasteiger partial charge >= 0.3 is 0 Å². The smallest absolute Gasteiger partial charge is 0.207 e. The molecule has 1 aliphatic heterocycles. The summed E-state index contributed by atoms with van der Waals surface area (Å²) in [6, 6.07) is 6.20. The molecular formula is C13H5F4NO. The third-order valence-electron chi connectivity index (χ3n) is 2.79. The first-order valence-corrected chi connectivity index (χ1v) is 5.27. The largest absolute Gasteiger partial charge is 0.353 e. The lowest BCUT2D eigenvalue weighted by molar-refractivity contribution is 0.307. The molecule has 0 aromatic heterocycles. The van der Waals surface area contributed by atoms with Gasteiger partial charge in [-0.25, -0.2) is 13.2 Å². The topological polar surface area (TPSA) is 21.6 Å². The molecule has 2 nitrogen and oxygen atoms in total. The Balaban J connectivity index is 2.45. The van der Waals surface area contributed by atoms with Gasteiger partial charge in [-0.3, -0.25) is 0 Å². The Morgan fingerprint density at radius 2 is 1.53 bits per heavy atom. The van der Waals surface area contributed by atoms with Crippen LogP contribution in [0.25, 0.3) is 11.1 Å². The summed E-state index contributed by atoms with van der Waals surface area (Å²) in [5, 5.41) is 3.41. The Morgan fingerprint density at radius 1 is 0.842 bits per heavy atom. The molecule has 2 aromatic carbocycles. The zero-order valence-corrected chi connectivity index (χ0v) is 9.25. The van der Waals surface area contributed by atoms with Gasteiger partial charge in [0.05, 0.1) is 11.8 Å². The van der Waals surface area contributed by atoms with Gasteiger partial charge in [0.15, 0.2) is 11.6 Å². The fourth-order valence-electron chi connectivity index (χ4n) is 1.91. The van der Waals surface area contributed by atoms with Crippen LogP contribution >= 0.6 is 0 Å². The highest BCUT2D eigenvalue weighted by Gasteiger charge is 2.29. The zero-order chi connectivity index (χ0) is 13.6. The summed E-state index contributed by atoms with van der Waals surface area (Å²) in [4.78, 5) is 4.63. The van der Waals surface area contributed by atoms with E-state index in [1.54, 1.807) is 18.2 Å². The number of rotatable bonds is 0. The number of nitrogens with zero attached hydrogens (tertiary/aromatic N) is 1. The summed E-state index contributed by atoms with van der Waals surface area (Å²) >= 11 is 0. The van der Waals surface area contributed by atoms with Gasteiger partial charge in [0, 0.05) is 5.56 Å². The van der Waals surface area contributed by atoms with E-state index in [-0.39, 0.29) is 5.56 Å². The second kappa shape index (κ2) is 4.08. The van der Waals surface area contributed by atoms with Crippen LogP contribution in [0.5, 0.6) is 5.75 Å².